The van der Waals surface area contributed by atoms with Gasteiger partial charge in [0.2, 0.25) is 15.9 Å². The Labute approximate surface area is 134 Å². The van der Waals surface area contributed by atoms with Gasteiger partial charge >= 0.3 is 0 Å². The molecule has 0 aliphatic carbocycles. The summed E-state index contributed by atoms with van der Waals surface area (Å²) in [5.74, 6) is 0.695. The number of carbonyl (C=O) groups is 1. The van der Waals surface area contributed by atoms with Gasteiger partial charge in [0.05, 0.1) is 6.26 Å². The molecule has 0 aromatic rings. The van der Waals surface area contributed by atoms with Crippen LogP contribution < -0.4 is 10.6 Å². The van der Waals surface area contributed by atoms with Crippen LogP contribution in [-0.2, 0) is 14.8 Å². The Morgan fingerprint density at radius 2 is 2.14 bits per heavy atom. The molecule has 8 heteroatoms. The fourth-order valence-corrected chi connectivity index (χ4v) is 3.36. The molecule has 0 saturated carbocycles. The molecular weight excluding hydrogens is 314 g/mol. The summed E-state index contributed by atoms with van der Waals surface area (Å²) >= 11 is 0. The second-order valence-electron chi connectivity index (χ2n) is 5.36. The highest BCUT2D eigenvalue weighted by molar-refractivity contribution is 7.88. The standard InChI is InChI=1S/C13H27N3O3S.ClH/c1-3-16(20(2,18)19)10-4-8-15-13(17)6-5-12-7-9-14-11-12;/h12,14H,3-11H2,1-2H3,(H,15,17);1H. The molecule has 1 fully saturated rings. The van der Waals surface area contributed by atoms with Gasteiger partial charge in [0.1, 0.15) is 0 Å². The third-order valence-electron chi connectivity index (χ3n) is 3.67. The van der Waals surface area contributed by atoms with Crippen molar-refractivity contribution in [2.75, 3.05) is 39.0 Å². The minimum absolute atomic E-state index is 0. The number of sulfonamides is 1. The summed E-state index contributed by atoms with van der Waals surface area (Å²) in [6, 6.07) is 0. The zero-order valence-electron chi connectivity index (χ0n) is 12.9. The first kappa shape index (κ1) is 20.6. The lowest BCUT2D eigenvalue weighted by atomic mass is 10.0. The third-order valence-corrected chi connectivity index (χ3v) is 5.05. The fourth-order valence-electron chi connectivity index (χ4n) is 2.43. The van der Waals surface area contributed by atoms with E-state index in [4.69, 9.17) is 0 Å². The fraction of sp³-hybridized carbons (Fsp3) is 0.923. The van der Waals surface area contributed by atoms with Gasteiger partial charge in [0, 0.05) is 26.1 Å². The van der Waals surface area contributed by atoms with E-state index in [-0.39, 0.29) is 18.3 Å². The van der Waals surface area contributed by atoms with Crippen LogP contribution in [0.5, 0.6) is 0 Å². The minimum Gasteiger partial charge on any atom is -0.356 e. The Morgan fingerprint density at radius 1 is 1.43 bits per heavy atom. The van der Waals surface area contributed by atoms with Gasteiger partial charge in [-0.05, 0) is 38.3 Å². The summed E-state index contributed by atoms with van der Waals surface area (Å²) in [6.07, 6.45) is 4.52. The molecule has 1 saturated heterocycles. The van der Waals surface area contributed by atoms with Crippen LogP contribution in [0.4, 0.5) is 0 Å². The number of carbonyl (C=O) groups excluding carboxylic acids is 1. The van der Waals surface area contributed by atoms with E-state index in [0.29, 0.717) is 38.4 Å². The van der Waals surface area contributed by atoms with Crippen molar-refractivity contribution in [1.29, 1.82) is 0 Å². The molecule has 0 spiro atoms. The van der Waals surface area contributed by atoms with Crippen molar-refractivity contribution in [3.63, 3.8) is 0 Å². The maximum Gasteiger partial charge on any atom is 0.220 e. The van der Waals surface area contributed by atoms with Crippen LogP contribution in [0, 0.1) is 5.92 Å². The van der Waals surface area contributed by atoms with Gasteiger partial charge in [-0.2, -0.15) is 0 Å². The second kappa shape index (κ2) is 10.4. The molecule has 6 nitrogen and oxygen atoms in total. The Balaban J connectivity index is 0.00000400. The highest BCUT2D eigenvalue weighted by atomic mass is 35.5. The molecule has 126 valence electrons. The monoisotopic (exact) mass is 341 g/mol. The Hall–Kier alpha value is -0.370. The molecule has 1 aliphatic rings. The molecule has 1 amide bonds. The minimum atomic E-state index is -3.12. The average Bonchev–Trinajstić information content (AvgIpc) is 2.87. The highest BCUT2D eigenvalue weighted by Crippen LogP contribution is 2.13. The lowest BCUT2D eigenvalue weighted by molar-refractivity contribution is -0.121. The van der Waals surface area contributed by atoms with Crippen LogP contribution in [0.15, 0.2) is 0 Å². The van der Waals surface area contributed by atoms with Crippen LogP contribution in [0.3, 0.4) is 0 Å². The number of hydrogen-bond acceptors (Lipinski definition) is 4. The van der Waals surface area contributed by atoms with Crippen LogP contribution in [0.25, 0.3) is 0 Å². The van der Waals surface area contributed by atoms with E-state index in [1.807, 2.05) is 6.92 Å². The molecule has 0 aromatic heterocycles. The smallest absolute Gasteiger partial charge is 0.220 e. The summed E-state index contributed by atoms with van der Waals surface area (Å²) in [6.45, 7) is 5.37. The molecular formula is C13H28ClN3O3S. The van der Waals surface area contributed by atoms with Gasteiger partial charge in [0.25, 0.3) is 0 Å². The van der Waals surface area contributed by atoms with Gasteiger partial charge in [-0.3, -0.25) is 4.79 Å². The van der Waals surface area contributed by atoms with E-state index in [2.05, 4.69) is 10.6 Å². The number of amides is 1. The highest BCUT2D eigenvalue weighted by Gasteiger charge is 2.16. The zero-order valence-corrected chi connectivity index (χ0v) is 14.6. The molecule has 1 heterocycles. The van der Waals surface area contributed by atoms with Crippen molar-refractivity contribution in [2.24, 2.45) is 5.92 Å². The zero-order chi connectivity index (χ0) is 15.0. The van der Waals surface area contributed by atoms with Gasteiger partial charge in [-0.1, -0.05) is 6.92 Å². The molecule has 1 atom stereocenters. The van der Waals surface area contributed by atoms with Crippen LogP contribution in [0.1, 0.15) is 32.6 Å². The van der Waals surface area contributed by atoms with E-state index in [1.54, 1.807) is 0 Å². The van der Waals surface area contributed by atoms with Gasteiger partial charge < -0.3 is 10.6 Å². The molecule has 21 heavy (non-hydrogen) atoms. The first-order chi connectivity index (χ1) is 9.43. The molecule has 2 N–H and O–H groups in total. The van der Waals surface area contributed by atoms with Crippen LogP contribution >= 0.6 is 12.4 Å². The Bertz CT molecular complexity index is 397. The number of rotatable bonds is 9. The normalized spacial score (nSPS) is 18.5. The summed E-state index contributed by atoms with van der Waals surface area (Å²) in [5.41, 5.74) is 0. The Morgan fingerprint density at radius 3 is 2.67 bits per heavy atom. The van der Waals surface area contributed by atoms with E-state index < -0.39 is 10.0 Å². The molecule has 1 unspecified atom stereocenters. The van der Waals surface area contributed by atoms with Crippen LogP contribution in [-0.4, -0.2) is 57.6 Å². The Kier molecular flexibility index (Phi) is 10.2. The lowest BCUT2D eigenvalue weighted by Crippen LogP contribution is -2.33. The number of nitrogens with one attached hydrogen (secondary N) is 2. The van der Waals surface area contributed by atoms with Crippen molar-refractivity contribution in [3.05, 3.63) is 0 Å². The quantitative estimate of drug-likeness (QED) is 0.601. The maximum absolute atomic E-state index is 11.6. The van der Waals surface area contributed by atoms with Crippen molar-refractivity contribution < 1.29 is 13.2 Å². The van der Waals surface area contributed by atoms with Gasteiger partial charge in [-0.25, -0.2) is 12.7 Å². The SMILES string of the molecule is CCN(CCCNC(=O)CCC1CCNC1)S(C)(=O)=O.Cl. The van der Waals surface area contributed by atoms with E-state index in [0.717, 1.165) is 25.9 Å². The molecule has 0 bridgehead atoms. The molecule has 1 rings (SSSR count). The summed E-state index contributed by atoms with van der Waals surface area (Å²) < 4.78 is 24.2. The van der Waals surface area contributed by atoms with Gasteiger partial charge in [-0.15, -0.1) is 12.4 Å². The van der Waals surface area contributed by atoms with Gasteiger partial charge in [0.15, 0.2) is 0 Å². The van der Waals surface area contributed by atoms with E-state index in [9.17, 15) is 13.2 Å². The number of nitrogens with zero attached hydrogens (tertiary/aromatic N) is 1. The first-order valence-corrected chi connectivity index (χ1v) is 9.21. The van der Waals surface area contributed by atoms with Crippen molar-refractivity contribution >= 4 is 28.3 Å². The van der Waals surface area contributed by atoms with Crippen molar-refractivity contribution in [2.45, 2.75) is 32.6 Å². The average molecular weight is 342 g/mol. The third kappa shape index (κ3) is 8.60. The van der Waals surface area contributed by atoms with Crippen LogP contribution in [0.2, 0.25) is 0 Å². The van der Waals surface area contributed by atoms with E-state index in [1.165, 1.54) is 10.6 Å². The summed E-state index contributed by atoms with van der Waals surface area (Å²) in [4.78, 5) is 11.6. The topological polar surface area (TPSA) is 78.5 Å². The lowest BCUT2D eigenvalue weighted by Gasteiger charge is -2.17. The molecule has 0 radical (unpaired) electrons. The van der Waals surface area contributed by atoms with E-state index >= 15 is 0 Å². The number of hydrogen-bond donors (Lipinski definition) is 2. The predicted molar refractivity (Wildman–Crippen MR) is 87.2 cm³/mol. The predicted octanol–water partition coefficient (Wildman–Crippen LogP) is 0.586. The molecule has 1 aliphatic heterocycles. The summed E-state index contributed by atoms with van der Waals surface area (Å²) in [7, 11) is -3.12. The summed E-state index contributed by atoms with van der Waals surface area (Å²) in [5, 5.41) is 6.14. The second-order valence-corrected chi connectivity index (χ2v) is 7.34. The largest absolute Gasteiger partial charge is 0.356 e. The molecule has 0 aromatic carbocycles. The first-order valence-electron chi connectivity index (χ1n) is 7.36. The van der Waals surface area contributed by atoms with Crippen molar-refractivity contribution in [1.82, 2.24) is 14.9 Å². The maximum atomic E-state index is 11.6. The van der Waals surface area contributed by atoms with Crippen molar-refractivity contribution in [3.8, 4) is 0 Å². The number of halogens is 1.